The van der Waals surface area contributed by atoms with E-state index in [9.17, 15) is 9.90 Å². The number of carbonyl (C=O) groups is 1. The molecule has 0 saturated carbocycles. The van der Waals surface area contributed by atoms with Gasteiger partial charge in [0.25, 0.3) is 5.91 Å². The third-order valence-electron chi connectivity index (χ3n) is 4.57. The van der Waals surface area contributed by atoms with E-state index < -0.39 is 6.04 Å². The Kier molecular flexibility index (Phi) is 6.89. The summed E-state index contributed by atoms with van der Waals surface area (Å²) in [6.45, 7) is 6.18. The number of phenols is 1. The number of hydrazone groups is 1. The number of nitrogens with zero attached hydrogens (tertiary/aromatic N) is 3. The number of nitrogens with one attached hydrogen (secondary N) is 1. The van der Waals surface area contributed by atoms with Gasteiger partial charge in [-0.1, -0.05) is 18.2 Å². The normalized spacial score (nSPS) is 16.0. The lowest BCUT2D eigenvalue weighted by Gasteiger charge is -2.33. The molecule has 0 aliphatic carbocycles. The minimum Gasteiger partial charge on any atom is -0.507 e. The third kappa shape index (κ3) is 4.82. The lowest BCUT2D eigenvalue weighted by atomic mass is 10.1. The summed E-state index contributed by atoms with van der Waals surface area (Å²) in [5.41, 5.74) is 4.74. The second-order valence-corrected chi connectivity index (χ2v) is 6.41. The van der Waals surface area contributed by atoms with E-state index in [0.717, 1.165) is 11.1 Å². The molecule has 2 heterocycles. The number of aromatic hydroxyl groups is 1. The SMILES string of the molecule is C=CCc1cccc(/C=N/NC(=O)[C@H](c2ccncc2)N2CCOCC2)c1O. The molecule has 7 nitrogen and oxygen atoms in total. The molecule has 1 amide bonds. The number of rotatable bonds is 7. The van der Waals surface area contributed by atoms with Gasteiger partial charge >= 0.3 is 0 Å². The Bertz CT molecular complexity index is 833. The molecule has 1 aliphatic rings. The van der Waals surface area contributed by atoms with Crippen LogP contribution in [0.15, 0.2) is 60.5 Å². The summed E-state index contributed by atoms with van der Waals surface area (Å²) >= 11 is 0. The van der Waals surface area contributed by atoms with Crippen LogP contribution in [0.2, 0.25) is 0 Å². The van der Waals surface area contributed by atoms with Crippen LogP contribution in [0.5, 0.6) is 5.75 Å². The van der Waals surface area contributed by atoms with Crippen LogP contribution in [-0.4, -0.2) is 53.4 Å². The van der Waals surface area contributed by atoms with E-state index >= 15 is 0 Å². The summed E-state index contributed by atoms with van der Waals surface area (Å²) in [6, 6.07) is 8.56. The molecule has 1 aromatic heterocycles. The van der Waals surface area contributed by atoms with Crippen molar-refractivity contribution in [2.24, 2.45) is 5.10 Å². The fraction of sp³-hybridized carbons (Fsp3) is 0.286. The van der Waals surface area contributed by atoms with Crippen molar-refractivity contribution in [3.8, 4) is 5.75 Å². The Morgan fingerprint density at radius 2 is 2.07 bits per heavy atom. The molecule has 1 fully saturated rings. The lowest BCUT2D eigenvalue weighted by Crippen LogP contribution is -2.44. The van der Waals surface area contributed by atoms with Crippen LogP contribution in [0.1, 0.15) is 22.7 Å². The molecule has 1 aromatic carbocycles. The molecule has 2 N–H and O–H groups in total. The predicted molar refractivity (Wildman–Crippen MR) is 107 cm³/mol. The smallest absolute Gasteiger partial charge is 0.262 e. The number of phenolic OH excluding ortho intramolecular Hbond substituents is 1. The van der Waals surface area contributed by atoms with E-state index in [2.05, 4.69) is 27.0 Å². The maximum Gasteiger partial charge on any atom is 0.262 e. The largest absolute Gasteiger partial charge is 0.507 e. The molecule has 1 atom stereocenters. The standard InChI is InChI=1S/C21H24N4O3/c1-2-4-17-5-3-6-18(20(17)26)15-23-24-21(27)19(16-7-9-22-10-8-16)25-11-13-28-14-12-25/h2-3,5-10,15,19,26H,1,4,11-14H2,(H,24,27)/b23-15+/t19-/m0/s1. The van der Waals surface area contributed by atoms with Gasteiger partial charge in [-0.2, -0.15) is 5.10 Å². The summed E-state index contributed by atoms with van der Waals surface area (Å²) in [5.74, 6) is -0.106. The number of aromatic nitrogens is 1. The Hall–Kier alpha value is -3.03. The average molecular weight is 380 g/mol. The highest BCUT2D eigenvalue weighted by Crippen LogP contribution is 2.23. The molecule has 0 spiro atoms. The molecule has 2 aromatic rings. The van der Waals surface area contributed by atoms with E-state index in [1.807, 2.05) is 24.3 Å². The third-order valence-corrected chi connectivity index (χ3v) is 4.57. The van der Waals surface area contributed by atoms with Crippen LogP contribution in [-0.2, 0) is 16.0 Å². The van der Waals surface area contributed by atoms with Crippen molar-refractivity contribution >= 4 is 12.1 Å². The molecule has 3 rings (SSSR count). The number of para-hydroxylation sites is 1. The summed E-state index contributed by atoms with van der Waals surface area (Å²) in [5, 5.41) is 14.4. The van der Waals surface area contributed by atoms with Gasteiger partial charge in [-0.25, -0.2) is 5.43 Å². The van der Waals surface area contributed by atoms with Gasteiger partial charge in [0.1, 0.15) is 11.8 Å². The number of hydrogen-bond acceptors (Lipinski definition) is 6. The van der Waals surface area contributed by atoms with Crippen molar-refractivity contribution in [1.29, 1.82) is 0 Å². The maximum atomic E-state index is 12.9. The second kappa shape index (κ2) is 9.77. The number of hydrogen-bond donors (Lipinski definition) is 2. The molecular weight excluding hydrogens is 356 g/mol. The Morgan fingerprint density at radius 3 is 2.79 bits per heavy atom. The molecule has 1 saturated heterocycles. The monoisotopic (exact) mass is 380 g/mol. The van der Waals surface area contributed by atoms with Crippen molar-refractivity contribution in [1.82, 2.24) is 15.3 Å². The van der Waals surface area contributed by atoms with E-state index in [1.54, 1.807) is 24.5 Å². The summed E-state index contributed by atoms with van der Waals surface area (Å²) in [6.07, 6.45) is 7.06. The summed E-state index contributed by atoms with van der Waals surface area (Å²) in [7, 11) is 0. The molecule has 0 bridgehead atoms. The second-order valence-electron chi connectivity index (χ2n) is 6.41. The number of carbonyl (C=O) groups excluding carboxylic acids is 1. The van der Waals surface area contributed by atoms with Gasteiger partial charge in [-0.05, 0) is 35.7 Å². The fourth-order valence-corrected chi connectivity index (χ4v) is 3.17. The maximum absolute atomic E-state index is 12.9. The van der Waals surface area contributed by atoms with Crippen molar-refractivity contribution in [2.45, 2.75) is 12.5 Å². The van der Waals surface area contributed by atoms with Gasteiger partial charge in [0.05, 0.1) is 19.4 Å². The topological polar surface area (TPSA) is 87.1 Å². The summed E-state index contributed by atoms with van der Waals surface area (Å²) in [4.78, 5) is 19.0. The first kappa shape index (κ1) is 19.7. The zero-order valence-corrected chi connectivity index (χ0v) is 15.6. The zero-order chi connectivity index (χ0) is 19.8. The number of ether oxygens (including phenoxy) is 1. The van der Waals surface area contributed by atoms with E-state index in [4.69, 9.17) is 4.74 Å². The Labute approximate surface area is 164 Å². The molecule has 28 heavy (non-hydrogen) atoms. The van der Waals surface area contributed by atoms with Crippen molar-refractivity contribution in [3.63, 3.8) is 0 Å². The molecule has 1 aliphatic heterocycles. The molecule has 7 heteroatoms. The van der Waals surface area contributed by atoms with Gasteiger partial charge in [0.2, 0.25) is 0 Å². The highest BCUT2D eigenvalue weighted by Gasteiger charge is 2.28. The Morgan fingerprint density at radius 1 is 1.32 bits per heavy atom. The minimum absolute atomic E-state index is 0.138. The van der Waals surface area contributed by atoms with E-state index in [-0.39, 0.29) is 11.7 Å². The van der Waals surface area contributed by atoms with Crippen molar-refractivity contribution in [3.05, 3.63) is 72.1 Å². The van der Waals surface area contributed by atoms with Gasteiger partial charge < -0.3 is 9.84 Å². The van der Waals surface area contributed by atoms with Crippen molar-refractivity contribution in [2.75, 3.05) is 26.3 Å². The van der Waals surface area contributed by atoms with Crippen LogP contribution in [0.4, 0.5) is 0 Å². The van der Waals surface area contributed by atoms with Gasteiger partial charge in [0.15, 0.2) is 0 Å². The van der Waals surface area contributed by atoms with Crippen LogP contribution in [0, 0.1) is 0 Å². The molecule has 146 valence electrons. The number of allylic oxidation sites excluding steroid dienone is 1. The first-order valence-corrected chi connectivity index (χ1v) is 9.17. The highest BCUT2D eigenvalue weighted by atomic mass is 16.5. The zero-order valence-electron chi connectivity index (χ0n) is 15.6. The summed E-state index contributed by atoms with van der Waals surface area (Å²) < 4.78 is 5.40. The number of amides is 1. The fourth-order valence-electron chi connectivity index (χ4n) is 3.17. The molecular formula is C21H24N4O3. The molecule has 0 radical (unpaired) electrons. The molecule has 0 unspecified atom stereocenters. The first-order valence-electron chi connectivity index (χ1n) is 9.17. The van der Waals surface area contributed by atoms with Crippen LogP contribution < -0.4 is 5.43 Å². The number of pyridine rings is 1. The van der Waals surface area contributed by atoms with Crippen LogP contribution in [0.3, 0.4) is 0 Å². The van der Waals surface area contributed by atoms with Gasteiger partial charge in [-0.3, -0.25) is 14.7 Å². The minimum atomic E-state index is -0.482. The van der Waals surface area contributed by atoms with Crippen LogP contribution >= 0.6 is 0 Å². The first-order chi connectivity index (χ1) is 13.7. The van der Waals surface area contributed by atoms with Gasteiger partial charge in [0, 0.05) is 31.0 Å². The lowest BCUT2D eigenvalue weighted by molar-refractivity contribution is -0.128. The van der Waals surface area contributed by atoms with E-state index in [1.165, 1.54) is 6.21 Å². The Balaban J connectivity index is 1.74. The number of morpholine rings is 1. The van der Waals surface area contributed by atoms with Gasteiger partial charge in [-0.15, -0.1) is 6.58 Å². The van der Waals surface area contributed by atoms with Crippen molar-refractivity contribution < 1.29 is 14.6 Å². The predicted octanol–water partition coefficient (Wildman–Crippen LogP) is 2.04. The average Bonchev–Trinajstić information content (AvgIpc) is 2.73. The van der Waals surface area contributed by atoms with E-state index in [0.29, 0.717) is 38.3 Å². The highest BCUT2D eigenvalue weighted by molar-refractivity contribution is 5.87. The number of benzene rings is 1. The quantitative estimate of drug-likeness (QED) is 0.436. The van der Waals surface area contributed by atoms with Crippen LogP contribution in [0.25, 0.3) is 0 Å².